The van der Waals surface area contributed by atoms with E-state index in [1.807, 2.05) is 4.72 Å². The third-order valence-electron chi connectivity index (χ3n) is 3.55. The topological polar surface area (TPSA) is 153 Å². The van der Waals surface area contributed by atoms with Gasteiger partial charge in [-0.3, -0.25) is 10.6 Å². The van der Waals surface area contributed by atoms with Gasteiger partial charge in [0.05, 0.1) is 6.61 Å². The summed E-state index contributed by atoms with van der Waals surface area (Å²) in [5.41, 5.74) is 5.89. The van der Waals surface area contributed by atoms with Gasteiger partial charge in [0.15, 0.2) is 0 Å². The van der Waals surface area contributed by atoms with E-state index in [4.69, 9.17) is 10.5 Å². The number of hydrogen-bond acceptors (Lipinski definition) is 8. The van der Waals surface area contributed by atoms with Gasteiger partial charge >= 0.3 is 12.1 Å². The first-order chi connectivity index (χ1) is 13.6. The zero-order valence-electron chi connectivity index (χ0n) is 15.9. The molecular weight excluding hydrogens is 438 g/mol. The zero-order valence-corrected chi connectivity index (χ0v) is 18.4. The molecule has 0 saturated carbocycles. The van der Waals surface area contributed by atoms with Gasteiger partial charge in [-0.05, 0) is 36.9 Å². The quantitative estimate of drug-likeness (QED) is 0.442. The number of carbonyl (C=O) groups is 2. The largest absolute Gasteiger partial charge is 0.384 e. The highest BCUT2D eigenvalue weighted by atomic mass is 32.2. The van der Waals surface area contributed by atoms with Gasteiger partial charge in [0.2, 0.25) is 0 Å². The molecule has 0 unspecified atom stereocenters. The second kappa shape index (κ2) is 9.91. The maximum absolute atomic E-state index is 12.5. The van der Waals surface area contributed by atoms with Gasteiger partial charge in [0.1, 0.15) is 15.8 Å². The molecule has 2 aromatic rings. The third-order valence-corrected chi connectivity index (χ3v) is 7.36. The molecule has 2 aromatic heterocycles. The molecule has 0 aromatic carbocycles. The summed E-state index contributed by atoms with van der Waals surface area (Å²) in [5, 5.41) is 4.66. The predicted octanol–water partition coefficient (Wildman–Crippen LogP) is 2.36. The average molecular weight is 460 g/mol. The van der Waals surface area contributed by atoms with Crippen molar-refractivity contribution in [3.05, 3.63) is 28.6 Å². The molecule has 2 rings (SSSR count). The fourth-order valence-corrected chi connectivity index (χ4v) is 5.19. The van der Waals surface area contributed by atoms with Crippen LogP contribution in [-0.2, 0) is 21.2 Å². The minimum Gasteiger partial charge on any atom is -0.384 e. The Kier molecular flexibility index (Phi) is 7.84. The number of methoxy groups -OCH3 is 1. The van der Waals surface area contributed by atoms with Crippen LogP contribution in [0, 0.1) is 6.92 Å². The van der Waals surface area contributed by atoms with E-state index in [1.165, 1.54) is 23.9 Å². The molecule has 0 bridgehead atoms. The summed E-state index contributed by atoms with van der Waals surface area (Å²) in [4.78, 5) is 28.8. The highest BCUT2D eigenvalue weighted by Crippen LogP contribution is 2.27. The number of carbonyl (C=O) groups excluding carboxylic acids is 2. The summed E-state index contributed by atoms with van der Waals surface area (Å²) in [7, 11) is -2.49. The Balaban J connectivity index is 2.14. The molecule has 0 atom stereocenters. The lowest BCUT2D eigenvalue weighted by Gasteiger charge is -2.10. The first-order valence-corrected chi connectivity index (χ1v) is 11.7. The molecule has 10 nitrogen and oxygen atoms in total. The lowest BCUT2D eigenvalue weighted by molar-refractivity contribution is 0.203. The van der Waals surface area contributed by atoms with Gasteiger partial charge in [-0.2, -0.15) is 0 Å². The van der Waals surface area contributed by atoms with Crippen LogP contribution in [0.2, 0.25) is 0 Å². The van der Waals surface area contributed by atoms with Gasteiger partial charge in [-0.25, -0.2) is 27.7 Å². The van der Waals surface area contributed by atoms with Crippen molar-refractivity contribution in [1.82, 2.24) is 9.71 Å². The standard InChI is InChI=1S/C16H21N5O5S3/c1-9-6-14(28-11(9)4-5-26-2)29(24,25)21-16(23)20-13-8-10(27-3)7-12(18-13)19-15(17)22/h6-8H,4-5H2,1-3H3,(H5,17,18,19,20,21,22,23). The Labute approximate surface area is 176 Å². The number of pyridine rings is 1. The predicted molar refractivity (Wildman–Crippen MR) is 113 cm³/mol. The molecule has 0 aliphatic carbocycles. The normalized spacial score (nSPS) is 11.1. The van der Waals surface area contributed by atoms with Crippen molar-refractivity contribution in [3.8, 4) is 0 Å². The number of thiophene rings is 1. The van der Waals surface area contributed by atoms with Crippen molar-refractivity contribution < 1.29 is 22.7 Å². The second-order valence-electron chi connectivity index (χ2n) is 5.74. The minimum absolute atomic E-state index is 0.0261. The lowest BCUT2D eigenvalue weighted by Crippen LogP contribution is -2.34. The Hall–Kier alpha value is -2.35. The van der Waals surface area contributed by atoms with Gasteiger partial charge < -0.3 is 10.5 Å². The van der Waals surface area contributed by atoms with E-state index >= 15 is 0 Å². The molecule has 158 valence electrons. The van der Waals surface area contributed by atoms with Crippen molar-refractivity contribution in [1.29, 1.82) is 0 Å². The Bertz CT molecular complexity index is 1010. The number of nitrogens with two attached hydrogens (primary N) is 1. The zero-order chi connectivity index (χ0) is 21.6. The fraction of sp³-hybridized carbons (Fsp3) is 0.312. The molecule has 4 amide bonds. The smallest absolute Gasteiger partial charge is 0.334 e. The molecule has 13 heteroatoms. The third kappa shape index (κ3) is 6.59. The van der Waals surface area contributed by atoms with E-state index in [0.717, 1.165) is 21.8 Å². The molecule has 0 aliphatic heterocycles. The monoisotopic (exact) mass is 459 g/mol. The summed E-state index contributed by atoms with van der Waals surface area (Å²) < 4.78 is 32.0. The molecule has 0 aliphatic rings. The first-order valence-electron chi connectivity index (χ1n) is 8.19. The SMILES string of the molecule is COCCc1sc(S(=O)(=O)NC(=O)Nc2cc(SC)cc(NC(N)=O)n2)cc1C. The van der Waals surface area contributed by atoms with Crippen LogP contribution in [0.5, 0.6) is 0 Å². The Morgan fingerprint density at radius 3 is 2.48 bits per heavy atom. The Morgan fingerprint density at radius 1 is 1.24 bits per heavy atom. The summed E-state index contributed by atoms with van der Waals surface area (Å²) in [5.74, 6) is 0.176. The maximum Gasteiger partial charge on any atom is 0.334 e. The molecule has 0 fully saturated rings. The Morgan fingerprint density at radius 2 is 1.90 bits per heavy atom. The minimum atomic E-state index is -4.06. The van der Waals surface area contributed by atoms with E-state index < -0.39 is 22.1 Å². The average Bonchev–Trinajstić information content (AvgIpc) is 3.00. The lowest BCUT2D eigenvalue weighted by atomic mass is 10.2. The number of primary amides is 1. The molecule has 0 spiro atoms. The fourth-order valence-electron chi connectivity index (χ4n) is 2.26. The van der Waals surface area contributed by atoms with Gasteiger partial charge in [0.25, 0.3) is 10.0 Å². The van der Waals surface area contributed by atoms with E-state index in [1.54, 1.807) is 26.4 Å². The number of urea groups is 2. The van der Waals surface area contributed by atoms with E-state index in [-0.39, 0.29) is 15.8 Å². The van der Waals surface area contributed by atoms with Crippen molar-refractivity contribution >= 4 is 56.8 Å². The van der Waals surface area contributed by atoms with Crippen molar-refractivity contribution in [3.63, 3.8) is 0 Å². The number of hydrogen-bond donors (Lipinski definition) is 4. The number of nitrogens with zero attached hydrogens (tertiary/aromatic N) is 1. The molecular formula is C16H21N5O5S3. The number of amides is 4. The molecule has 5 N–H and O–H groups in total. The highest BCUT2D eigenvalue weighted by molar-refractivity contribution is 7.98. The highest BCUT2D eigenvalue weighted by Gasteiger charge is 2.22. The summed E-state index contributed by atoms with van der Waals surface area (Å²) >= 11 is 2.42. The maximum atomic E-state index is 12.5. The molecule has 29 heavy (non-hydrogen) atoms. The number of aromatic nitrogens is 1. The number of rotatable bonds is 8. The van der Waals surface area contributed by atoms with Crippen LogP contribution >= 0.6 is 23.1 Å². The first kappa shape index (κ1) is 22.9. The molecule has 0 radical (unpaired) electrons. The van der Waals surface area contributed by atoms with E-state index in [9.17, 15) is 18.0 Å². The molecule has 0 saturated heterocycles. The van der Waals surface area contributed by atoms with E-state index in [2.05, 4.69) is 15.6 Å². The second-order valence-corrected chi connectivity index (χ2v) is 9.67. The number of nitrogens with one attached hydrogen (secondary N) is 3. The van der Waals surface area contributed by atoms with Crippen LogP contribution < -0.4 is 21.1 Å². The summed E-state index contributed by atoms with van der Waals surface area (Å²) in [6, 6.07) is 2.80. The number of thioether (sulfide) groups is 1. The van der Waals surface area contributed by atoms with Crippen molar-refractivity contribution in [2.45, 2.75) is 22.4 Å². The van der Waals surface area contributed by atoms with Crippen LogP contribution in [0.1, 0.15) is 10.4 Å². The number of sulfonamides is 1. The van der Waals surface area contributed by atoms with Crippen LogP contribution in [0.25, 0.3) is 0 Å². The number of ether oxygens (including phenoxy) is 1. The van der Waals surface area contributed by atoms with E-state index in [0.29, 0.717) is 17.9 Å². The van der Waals surface area contributed by atoms with Crippen LogP contribution in [0.3, 0.4) is 0 Å². The molecule has 2 heterocycles. The van der Waals surface area contributed by atoms with Crippen molar-refractivity contribution in [2.24, 2.45) is 5.73 Å². The van der Waals surface area contributed by atoms with Crippen LogP contribution in [0.15, 0.2) is 27.3 Å². The van der Waals surface area contributed by atoms with Gasteiger partial charge in [0, 0.05) is 23.3 Å². The number of aryl methyl sites for hydroxylation is 1. The van der Waals surface area contributed by atoms with Crippen LogP contribution in [0.4, 0.5) is 21.2 Å². The van der Waals surface area contributed by atoms with Gasteiger partial charge in [-0.15, -0.1) is 23.1 Å². The summed E-state index contributed by atoms with van der Waals surface area (Å²) in [6.07, 6.45) is 2.37. The van der Waals surface area contributed by atoms with Crippen LogP contribution in [-0.4, -0.2) is 45.4 Å². The van der Waals surface area contributed by atoms with Gasteiger partial charge in [-0.1, -0.05) is 0 Å². The summed E-state index contributed by atoms with van der Waals surface area (Å²) in [6.45, 7) is 2.26. The van der Waals surface area contributed by atoms with Crippen molar-refractivity contribution in [2.75, 3.05) is 30.6 Å². The number of anilines is 2.